The maximum Gasteiger partial charge on any atom is 0.326 e. The molecule has 0 aromatic rings. The number of unbranched alkanes of at least 4 members (excludes halogenated alkanes) is 1. The molecule has 3 amide bonds. The van der Waals surface area contributed by atoms with Gasteiger partial charge in [0.25, 0.3) is 0 Å². The van der Waals surface area contributed by atoms with Crippen LogP contribution in [-0.4, -0.2) is 70.6 Å². The van der Waals surface area contributed by atoms with Crippen molar-refractivity contribution in [3.05, 3.63) is 0 Å². The van der Waals surface area contributed by atoms with E-state index in [0.29, 0.717) is 32.2 Å². The van der Waals surface area contributed by atoms with E-state index in [1.165, 1.54) is 6.92 Å². The number of aliphatic carboxylic acids is 2. The van der Waals surface area contributed by atoms with E-state index in [1.807, 2.05) is 0 Å². The number of hydrogen-bond donors (Lipinski definition) is 7. The van der Waals surface area contributed by atoms with Gasteiger partial charge in [0.05, 0.1) is 6.04 Å². The fourth-order valence-corrected chi connectivity index (χ4v) is 2.80. The number of nitrogens with one attached hydrogen (secondary N) is 3. The van der Waals surface area contributed by atoms with Gasteiger partial charge >= 0.3 is 11.9 Å². The second-order valence-corrected chi connectivity index (χ2v) is 7.82. The first kappa shape index (κ1) is 29.3. The Balaban J connectivity index is 5.11. The first-order chi connectivity index (χ1) is 14.9. The number of carbonyl (C=O) groups is 5. The van der Waals surface area contributed by atoms with Gasteiger partial charge in [-0.05, 0) is 38.6 Å². The summed E-state index contributed by atoms with van der Waals surface area (Å²) in [6, 6.07) is -4.36. The summed E-state index contributed by atoms with van der Waals surface area (Å²) in [5.74, 6) is -4.79. The highest BCUT2D eigenvalue weighted by atomic mass is 16.4. The molecule has 0 aromatic carbocycles. The number of carboxylic acid groups (broad SMARTS) is 2. The van der Waals surface area contributed by atoms with Crippen LogP contribution in [-0.2, 0) is 24.0 Å². The molecule has 0 aliphatic carbocycles. The molecule has 0 saturated carbocycles. The highest BCUT2D eigenvalue weighted by Gasteiger charge is 2.30. The minimum absolute atomic E-state index is 0.207. The number of carbonyl (C=O) groups excluding carboxylic acids is 3. The zero-order valence-corrected chi connectivity index (χ0v) is 18.9. The van der Waals surface area contributed by atoms with Crippen molar-refractivity contribution in [2.75, 3.05) is 6.54 Å². The summed E-state index contributed by atoms with van der Waals surface area (Å²) >= 11 is 0. The molecular formula is C20H37N5O7. The van der Waals surface area contributed by atoms with E-state index in [-0.39, 0.29) is 12.3 Å². The molecule has 12 heteroatoms. The number of hydrogen-bond acceptors (Lipinski definition) is 7. The minimum atomic E-state index is -1.22. The Labute approximate surface area is 187 Å². The quantitative estimate of drug-likeness (QED) is 0.139. The van der Waals surface area contributed by atoms with E-state index in [9.17, 15) is 29.1 Å². The monoisotopic (exact) mass is 459 g/mol. The highest BCUT2D eigenvalue weighted by Crippen LogP contribution is 2.08. The van der Waals surface area contributed by atoms with Gasteiger partial charge in [-0.15, -0.1) is 0 Å². The van der Waals surface area contributed by atoms with E-state index in [1.54, 1.807) is 13.8 Å². The summed E-state index contributed by atoms with van der Waals surface area (Å²) in [7, 11) is 0. The van der Waals surface area contributed by atoms with Crippen molar-refractivity contribution in [1.29, 1.82) is 0 Å². The van der Waals surface area contributed by atoms with Crippen LogP contribution in [0.1, 0.15) is 59.3 Å². The zero-order valence-electron chi connectivity index (χ0n) is 18.9. The molecular weight excluding hydrogens is 422 g/mol. The van der Waals surface area contributed by atoms with Crippen molar-refractivity contribution >= 4 is 29.7 Å². The van der Waals surface area contributed by atoms with Crippen LogP contribution in [0.25, 0.3) is 0 Å². The fourth-order valence-electron chi connectivity index (χ4n) is 2.80. The molecule has 5 atom stereocenters. The lowest BCUT2D eigenvalue weighted by Gasteiger charge is -2.24. The molecule has 0 fully saturated rings. The normalized spacial score (nSPS) is 15.5. The molecule has 0 heterocycles. The van der Waals surface area contributed by atoms with Crippen LogP contribution < -0.4 is 27.4 Å². The Hall–Kier alpha value is -2.73. The Morgan fingerprint density at radius 3 is 2.00 bits per heavy atom. The van der Waals surface area contributed by atoms with Gasteiger partial charge in [0.2, 0.25) is 17.7 Å². The molecule has 32 heavy (non-hydrogen) atoms. The van der Waals surface area contributed by atoms with Gasteiger partial charge in [-0.2, -0.15) is 0 Å². The first-order valence-electron chi connectivity index (χ1n) is 10.8. The SMILES string of the molecule is CCC(C)C(NC(=O)C(C)NC(=O)C(CCC(=O)O)NC(=O)C(N)CCCCN)C(=O)O. The molecule has 0 saturated heterocycles. The standard InChI is InChI=1S/C20H37N5O7/c1-4-11(2)16(20(31)32)25-17(28)12(3)23-19(30)14(8-9-15(26)27)24-18(29)13(22)7-5-6-10-21/h11-14,16H,4-10,21-22H2,1-3H3,(H,23,30)(H,24,29)(H,25,28)(H,26,27)(H,31,32). The van der Waals surface area contributed by atoms with Crippen LogP contribution in [0, 0.1) is 5.92 Å². The largest absolute Gasteiger partial charge is 0.481 e. The minimum Gasteiger partial charge on any atom is -0.481 e. The average Bonchev–Trinajstić information content (AvgIpc) is 2.73. The second-order valence-electron chi connectivity index (χ2n) is 7.82. The summed E-state index contributed by atoms with van der Waals surface area (Å²) in [6.07, 6.45) is 1.58. The van der Waals surface area contributed by atoms with Crippen molar-refractivity contribution in [3.8, 4) is 0 Å². The van der Waals surface area contributed by atoms with Crippen LogP contribution in [0.5, 0.6) is 0 Å². The average molecular weight is 460 g/mol. The lowest BCUT2D eigenvalue weighted by atomic mass is 9.99. The van der Waals surface area contributed by atoms with Crippen LogP contribution >= 0.6 is 0 Å². The van der Waals surface area contributed by atoms with Gasteiger partial charge in [-0.3, -0.25) is 19.2 Å². The predicted molar refractivity (Wildman–Crippen MR) is 116 cm³/mol. The molecule has 5 unspecified atom stereocenters. The van der Waals surface area contributed by atoms with E-state index in [0.717, 1.165) is 0 Å². The summed E-state index contributed by atoms with van der Waals surface area (Å²) in [4.78, 5) is 59.6. The van der Waals surface area contributed by atoms with E-state index in [2.05, 4.69) is 16.0 Å². The number of rotatable bonds is 16. The highest BCUT2D eigenvalue weighted by molar-refractivity contribution is 5.94. The molecule has 9 N–H and O–H groups in total. The third-order valence-corrected chi connectivity index (χ3v) is 5.11. The zero-order chi connectivity index (χ0) is 24.8. The van der Waals surface area contributed by atoms with Gasteiger partial charge in [0, 0.05) is 6.42 Å². The summed E-state index contributed by atoms with van der Waals surface area (Å²) in [5.41, 5.74) is 11.2. The number of amides is 3. The second kappa shape index (κ2) is 15.1. The molecule has 0 aliphatic rings. The molecule has 0 bridgehead atoms. The van der Waals surface area contributed by atoms with Crippen LogP contribution in [0.3, 0.4) is 0 Å². The van der Waals surface area contributed by atoms with E-state index >= 15 is 0 Å². The maximum atomic E-state index is 12.6. The Morgan fingerprint density at radius 2 is 1.50 bits per heavy atom. The van der Waals surface area contributed by atoms with Gasteiger partial charge in [0.15, 0.2) is 0 Å². The molecule has 0 radical (unpaired) electrons. The van der Waals surface area contributed by atoms with Crippen molar-refractivity contribution in [2.45, 2.75) is 83.5 Å². The van der Waals surface area contributed by atoms with Crippen molar-refractivity contribution < 1.29 is 34.2 Å². The van der Waals surface area contributed by atoms with Gasteiger partial charge < -0.3 is 37.6 Å². The summed E-state index contributed by atoms with van der Waals surface area (Å²) < 4.78 is 0. The molecule has 12 nitrogen and oxygen atoms in total. The number of carboxylic acids is 2. The Bertz CT molecular complexity index is 658. The van der Waals surface area contributed by atoms with E-state index in [4.69, 9.17) is 16.6 Å². The summed E-state index contributed by atoms with van der Waals surface area (Å²) in [5, 5.41) is 25.4. The molecule has 184 valence electrons. The lowest BCUT2D eigenvalue weighted by molar-refractivity contribution is -0.143. The molecule has 0 aliphatic heterocycles. The Morgan fingerprint density at radius 1 is 0.875 bits per heavy atom. The van der Waals surface area contributed by atoms with E-state index < -0.39 is 60.2 Å². The van der Waals surface area contributed by atoms with Crippen molar-refractivity contribution in [1.82, 2.24) is 16.0 Å². The third kappa shape index (κ3) is 11.0. The van der Waals surface area contributed by atoms with Gasteiger partial charge in [0.1, 0.15) is 18.1 Å². The van der Waals surface area contributed by atoms with Crippen molar-refractivity contribution in [2.24, 2.45) is 17.4 Å². The molecule has 0 spiro atoms. The third-order valence-electron chi connectivity index (χ3n) is 5.11. The fraction of sp³-hybridized carbons (Fsp3) is 0.750. The van der Waals surface area contributed by atoms with Crippen molar-refractivity contribution in [3.63, 3.8) is 0 Å². The molecule has 0 rings (SSSR count). The predicted octanol–water partition coefficient (Wildman–Crippen LogP) is -1.09. The Kier molecular flexibility index (Phi) is 13.8. The van der Waals surface area contributed by atoms with Gasteiger partial charge in [-0.25, -0.2) is 4.79 Å². The first-order valence-corrected chi connectivity index (χ1v) is 10.8. The van der Waals surface area contributed by atoms with Crippen LogP contribution in [0.2, 0.25) is 0 Å². The smallest absolute Gasteiger partial charge is 0.326 e. The van der Waals surface area contributed by atoms with Gasteiger partial charge in [-0.1, -0.05) is 26.7 Å². The van der Waals surface area contributed by atoms with Crippen LogP contribution in [0.15, 0.2) is 0 Å². The maximum absolute atomic E-state index is 12.6. The number of nitrogens with two attached hydrogens (primary N) is 2. The topological polar surface area (TPSA) is 214 Å². The lowest BCUT2D eigenvalue weighted by Crippen LogP contribution is -2.57. The molecule has 0 aromatic heterocycles. The summed E-state index contributed by atoms with van der Waals surface area (Å²) in [6.45, 7) is 5.28. The van der Waals surface area contributed by atoms with Crippen LogP contribution in [0.4, 0.5) is 0 Å².